The fourth-order valence-electron chi connectivity index (χ4n) is 3.96. The number of ether oxygens (including phenoxy) is 2. The molecule has 9 heteroatoms. The largest absolute Gasteiger partial charge is 0.457 e. The number of fused-ring (bicyclic) bond motifs is 1. The highest BCUT2D eigenvalue weighted by Gasteiger charge is 2.14. The van der Waals surface area contributed by atoms with Crippen LogP contribution in [0.3, 0.4) is 0 Å². The van der Waals surface area contributed by atoms with Crippen LogP contribution in [0.1, 0.15) is 42.3 Å². The second kappa shape index (κ2) is 13.6. The topological polar surface area (TPSA) is 114 Å². The number of hydrogen-bond acceptors (Lipinski definition) is 7. The summed E-state index contributed by atoms with van der Waals surface area (Å²) < 4.78 is 10.9. The molecule has 3 aromatic carbocycles. The van der Waals surface area contributed by atoms with Crippen LogP contribution >= 0.6 is 0 Å². The van der Waals surface area contributed by atoms with Crippen LogP contribution in [0.2, 0.25) is 0 Å². The summed E-state index contributed by atoms with van der Waals surface area (Å²) in [7, 11) is 1.47. The molecule has 0 unspecified atom stereocenters. The van der Waals surface area contributed by atoms with Crippen molar-refractivity contribution < 1.29 is 19.1 Å². The van der Waals surface area contributed by atoms with Gasteiger partial charge in [-0.3, -0.25) is 9.59 Å². The van der Waals surface area contributed by atoms with Crippen LogP contribution < -0.4 is 20.7 Å². The molecule has 1 aromatic heterocycles. The average molecular weight is 566 g/mol. The number of nitrogens with zero attached hydrogens (tertiary/aromatic N) is 2. The van der Waals surface area contributed by atoms with Gasteiger partial charge in [0.25, 0.3) is 5.91 Å². The fraction of sp³-hybridized carbons (Fsp3) is 0.273. The first kappa shape index (κ1) is 30.0. The van der Waals surface area contributed by atoms with Gasteiger partial charge in [0, 0.05) is 35.9 Å². The second-order valence-electron chi connectivity index (χ2n) is 10.9. The normalized spacial score (nSPS) is 10.9. The number of amides is 2. The van der Waals surface area contributed by atoms with E-state index in [9.17, 15) is 9.59 Å². The Morgan fingerprint density at radius 1 is 0.976 bits per heavy atom. The third-order valence-electron chi connectivity index (χ3n) is 6.06. The Bertz CT molecular complexity index is 1650. The highest BCUT2D eigenvalue weighted by atomic mass is 16.5. The Balaban J connectivity index is 1.46. The minimum Gasteiger partial charge on any atom is -0.457 e. The van der Waals surface area contributed by atoms with Gasteiger partial charge in [-0.1, -0.05) is 38.7 Å². The molecule has 1 heterocycles. The third-order valence-corrected chi connectivity index (χ3v) is 6.06. The molecule has 3 N–H and O–H groups in total. The lowest BCUT2D eigenvalue weighted by atomic mass is 9.97. The Morgan fingerprint density at radius 2 is 1.81 bits per heavy atom. The van der Waals surface area contributed by atoms with Gasteiger partial charge in [0.15, 0.2) is 0 Å². The second-order valence-corrected chi connectivity index (χ2v) is 10.9. The zero-order chi connectivity index (χ0) is 30.1. The van der Waals surface area contributed by atoms with Crippen molar-refractivity contribution in [2.24, 2.45) is 5.41 Å². The molecule has 2 amide bonds. The predicted molar refractivity (Wildman–Crippen MR) is 164 cm³/mol. The summed E-state index contributed by atoms with van der Waals surface area (Å²) in [6, 6.07) is 18.6. The van der Waals surface area contributed by atoms with Gasteiger partial charge in [-0.05, 0) is 72.5 Å². The summed E-state index contributed by atoms with van der Waals surface area (Å²) in [6.45, 7) is 8.98. The molecule has 0 saturated heterocycles. The smallest absolute Gasteiger partial charge is 0.251 e. The zero-order valence-corrected chi connectivity index (χ0v) is 24.5. The lowest BCUT2D eigenvalue weighted by molar-refractivity contribution is -0.124. The first-order valence-corrected chi connectivity index (χ1v) is 13.5. The van der Waals surface area contributed by atoms with Crippen LogP contribution in [0.25, 0.3) is 10.9 Å². The van der Waals surface area contributed by atoms with E-state index in [0.29, 0.717) is 29.4 Å². The van der Waals surface area contributed by atoms with E-state index in [1.807, 2.05) is 55.5 Å². The number of benzene rings is 3. The van der Waals surface area contributed by atoms with Crippen LogP contribution in [0, 0.1) is 24.2 Å². The summed E-state index contributed by atoms with van der Waals surface area (Å²) >= 11 is 0. The number of methoxy groups -OCH3 is 1. The number of rotatable bonds is 9. The molecule has 0 radical (unpaired) electrons. The molecule has 4 rings (SSSR count). The molecule has 42 heavy (non-hydrogen) atoms. The van der Waals surface area contributed by atoms with E-state index in [4.69, 9.17) is 9.47 Å². The number of carbonyl (C=O) groups excluding carboxylic acids is 2. The molecular formula is C33H35N5O4. The van der Waals surface area contributed by atoms with Gasteiger partial charge in [-0.15, -0.1) is 0 Å². The van der Waals surface area contributed by atoms with Gasteiger partial charge < -0.3 is 25.4 Å². The van der Waals surface area contributed by atoms with Crippen LogP contribution in [0.15, 0.2) is 67.0 Å². The minimum absolute atomic E-state index is 0.000359. The summed E-state index contributed by atoms with van der Waals surface area (Å²) in [5.74, 6) is 7.55. The van der Waals surface area contributed by atoms with E-state index >= 15 is 0 Å². The van der Waals surface area contributed by atoms with Crippen LogP contribution in [-0.2, 0) is 9.53 Å². The molecular weight excluding hydrogens is 530 g/mol. The van der Waals surface area contributed by atoms with E-state index in [1.165, 1.54) is 13.4 Å². The van der Waals surface area contributed by atoms with Crippen LogP contribution in [-0.4, -0.2) is 48.6 Å². The van der Waals surface area contributed by atoms with Crippen molar-refractivity contribution >= 4 is 34.2 Å². The molecule has 9 nitrogen and oxygen atoms in total. The van der Waals surface area contributed by atoms with E-state index in [1.54, 1.807) is 12.1 Å². The third kappa shape index (κ3) is 8.53. The Labute approximate surface area is 246 Å². The van der Waals surface area contributed by atoms with Gasteiger partial charge >= 0.3 is 0 Å². The van der Waals surface area contributed by atoms with Gasteiger partial charge in [0.1, 0.15) is 30.3 Å². The summed E-state index contributed by atoms with van der Waals surface area (Å²) in [5.41, 5.74) is 3.82. The number of anilines is 2. The van der Waals surface area contributed by atoms with Crippen molar-refractivity contribution in [2.75, 3.05) is 32.1 Å². The number of carbonyl (C=O) groups is 2. The van der Waals surface area contributed by atoms with Crippen molar-refractivity contribution in [3.8, 4) is 23.3 Å². The SMILES string of the molecule is COCC(=O)NCC#Cc1ccc2ncnc(Nc3ccc(Oc4cccc(C(=O)NCC(C)(C)C)c4)c(C)c3)c2c1. The summed E-state index contributed by atoms with van der Waals surface area (Å²) in [5, 5.41) is 9.83. The molecule has 0 bridgehead atoms. The van der Waals surface area contributed by atoms with Gasteiger partial charge in [0.05, 0.1) is 12.1 Å². The lowest BCUT2D eigenvalue weighted by Crippen LogP contribution is -2.32. The maximum Gasteiger partial charge on any atom is 0.251 e. The van der Waals surface area contributed by atoms with Gasteiger partial charge in [-0.2, -0.15) is 0 Å². The predicted octanol–water partition coefficient (Wildman–Crippen LogP) is 5.36. The van der Waals surface area contributed by atoms with Crippen molar-refractivity contribution in [3.05, 3.63) is 83.7 Å². The maximum absolute atomic E-state index is 12.6. The number of hydrogen-bond donors (Lipinski definition) is 3. The highest BCUT2D eigenvalue weighted by Crippen LogP contribution is 2.30. The molecule has 0 aliphatic carbocycles. The molecule has 216 valence electrons. The number of aromatic nitrogens is 2. The van der Waals surface area contributed by atoms with Crippen molar-refractivity contribution in [1.82, 2.24) is 20.6 Å². The molecule has 0 spiro atoms. The van der Waals surface area contributed by atoms with Gasteiger partial charge in [-0.25, -0.2) is 9.97 Å². The van der Waals surface area contributed by atoms with Crippen molar-refractivity contribution in [1.29, 1.82) is 0 Å². The van der Waals surface area contributed by atoms with E-state index < -0.39 is 0 Å². The molecule has 0 saturated carbocycles. The minimum atomic E-state index is -0.218. The summed E-state index contributed by atoms with van der Waals surface area (Å²) in [4.78, 5) is 32.9. The van der Waals surface area contributed by atoms with Crippen molar-refractivity contribution in [3.63, 3.8) is 0 Å². The lowest BCUT2D eigenvalue weighted by Gasteiger charge is -2.18. The first-order valence-electron chi connectivity index (χ1n) is 13.5. The van der Waals surface area contributed by atoms with E-state index in [2.05, 4.69) is 58.5 Å². The standard InChI is InChI=1S/C33H35N5O4/c1-22-16-25(12-14-29(22)42-26-10-6-9-24(18-26)32(40)35-20-33(2,3)4)38-31-27-17-23(11-13-28(27)36-21-37-31)8-7-15-34-30(39)19-41-5/h6,9-14,16-18,21H,15,19-20H2,1-5H3,(H,34,39)(H,35,40)(H,36,37,38). The highest BCUT2D eigenvalue weighted by molar-refractivity contribution is 5.94. The average Bonchev–Trinajstić information content (AvgIpc) is 2.95. The zero-order valence-electron chi connectivity index (χ0n) is 24.5. The summed E-state index contributed by atoms with van der Waals surface area (Å²) in [6.07, 6.45) is 1.51. The molecule has 0 aliphatic heterocycles. The van der Waals surface area contributed by atoms with Crippen LogP contribution in [0.5, 0.6) is 11.5 Å². The molecule has 0 atom stereocenters. The van der Waals surface area contributed by atoms with Gasteiger partial charge in [0.2, 0.25) is 5.91 Å². The Hall–Kier alpha value is -4.94. The van der Waals surface area contributed by atoms with E-state index in [0.717, 1.165) is 27.7 Å². The fourth-order valence-corrected chi connectivity index (χ4v) is 3.96. The Morgan fingerprint density at radius 3 is 2.57 bits per heavy atom. The van der Waals surface area contributed by atoms with E-state index in [-0.39, 0.29) is 30.4 Å². The quantitative estimate of drug-likeness (QED) is 0.234. The molecule has 0 fully saturated rings. The molecule has 0 aliphatic rings. The number of aryl methyl sites for hydroxylation is 1. The monoisotopic (exact) mass is 565 g/mol. The van der Waals surface area contributed by atoms with Crippen LogP contribution in [0.4, 0.5) is 11.5 Å². The maximum atomic E-state index is 12.6. The molecule has 4 aromatic rings. The Kier molecular flexibility index (Phi) is 9.73. The van der Waals surface area contributed by atoms with Crippen molar-refractivity contribution in [2.45, 2.75) is 27.7 Å². The first-order chi connectivity index (χ1) is 20.1. The number of nitrogens with one attached hydrogen (secondary N) is 3.